The predicted octanol–water partition coefficient (Wildman–Crippen LogP) is 9.42. The highest BCUT2D eigenvalue weighted by molar-refractivity contribution is 7.20. The number of aromatic nitrogens is 1. The highest BCUT2D eigenvalue weighted by Gasteiger charge is 2.52. The third-order valence-corrected chi connectivity index (χ3v) is 10.1. The van der Waals surface area contributed by atoms with Gasteiger partial charge in [0.15, 0.2) is 88.7 Å². The molecule has 0 spiro atoms. The Morgan fingerprint density at radius 2 is 0.662 bits per heavy atom. The van der Waals surface area contributed by atoms with E-state index in [4.69, 9.17) is 4.74 Å². The van der Waals surface area contributed by atoms with Crippen molar-refractivity contribution in [3.05, 3.63) is 189 Å². The van der Waals surface area contributed by atoms with Gasteiger partial charge < -0.3 is 4.74 Å². The lowest BCUT2D eigenvalue weighted by atomic mass is 9.12. The summed E-state index contributed by atoms with van der Waals surface area (Å²) < 4.78 is 302. The average Bonchev–Trinajstić information content (AvgIpc) is 3.29. The van der Waals surface area contributed by atoms with E-state index >= 15 is 35.1 Å². The van der Waals surface area contributed by atoms with Crippen LogP contribution in [0, 0.1) is 116 Å². The average molecular weight is 943 g/mol. The first-order chi connectivity index (χ1) is 30.5. The van der Waals surface area contributed by atoms with Crippen LogP contribution < -0.4 is 31.2 Å². The van der Waals surface area contributed by atoms with Gasteiger partial charge >= 0.3 is 0 Å². The highest BCUT2D eigenvalue weighted by atomic mass is 19.2. The molecule has 1 heterocycles. The van der Waals surface area contributed by atoms with E-state index < -0.39 is 144 Å². The van der Waals surface area contributed by atoms with Gasteiger partial charge in [-0.1, -0.05) is 18.2 Å². The maximum absolute atomic E-state index is 15.4. The monoisotopic (exact) mass is 943 g/mol. The lowest BCUT2D eigenvalue weighted by Crippen LogP contribution is -2.81. The summed E-state index contributed by atoms with van der Waals surface area (Å²) >= 11 is 0. The van der Waals surface area contributed by atoms with Crippen LogP contribution in [0.25, 0.3) is 10.8 Å². The Kier molecular flexibility index (Phi) is 13.2. The van der Waals surface area contributed by atoms with Crippen molar-refractivity contribution in [1.82, 2.24) is 0 Å². The summed E-state index contributed by atoms with van der Waals surface area (Å²) in [5.41, 5.74) is -13.1. The Bertz CT molecular complexity index is 2650. The van der Waals surface area contributed by atoms with Crippen molar-refractivity contribution in [3.8, 4) is 5.75 Å². The summed E-state index contributed by atoms with van der Waals surface area (Å²) in [7, 11) is 0. The van der Waals surface area contributed by atoms with E-state index in [0.717, 1.165) is 12.3 Å². The number of ether oxygens (including phenoxy) is 1. The second-order valence-electron chi connectivity index (χ2n) is 13.6. The molecule has 7 rings (SSSR count). The molecule has 340 valence electrons. The van der Waals surface area contributed by atoms with Crippen molar-refractivity contribution in [1.29, 1.82) is 0 Å². The van der Waals surface area contributed by atoms with Gasteiger partial charge in [0.2, 0.25) is 0 Å². The smallest absolute Gasteiger partial charge is 0.200 e. The van der Waals surface area contributed by atoms with Crippen LogP contribution in [0.1, 0.15) is 12.5 Å². The summed E-state index contributed by atoms with van der Waals surface area (Å²) in [6.07, 6.45) is -2.91. The van der Waals surface area contributed by atoms with E-state index in [9.17, 15) is 52.7 Å². The Morgan fingerprint density at radius 3 is 0.969 bits per heavy atom. The van der Waals surface area contributed by atoms with Gasteiger partial charge in [-0.2, -0.15) is 0 Å². The fourth-order valence-electron chi connectivity index (χ4n) is 7.22. The molecule has 0 bridgehead atoms. The van der Waals surface area contributed by atoms with E-state index in [2.05, 4.69) is 59.4 Å². The van der Waals surface area contributed by atoms with Crippen molar-refractivity contribution < 1.29 is 97.1 Å². The van der Waals surface area contributed by atoms with Crippen LogP contribution in [0.15, 0.2) is 67.0 Å². The van der Waals surface area contributed by atoms with E-state index in [1.54, 1.807) is 0 Å². The van der Waals surface area contributed by atoms with E-state index in [1.807, 2.05) is 19.1 Å². The second-order valence-corrected chi connectivity index (χ2v) is 13.6. The van der Waals surface area contributed by atoms with Gasteiger partial charge in [-0.15, -0.1) is 21.9 Å². The topological polar surface area (TPSA) is 13.1 Å². The summed E-state index contributed by atoms with van der Waals surface area (Å²) in [4.78, 5) is 0. The van der Waals surface area contributed by atoms with Gasteiger partial charge in [-0.25, -0.2) is 92.4 Å². The molecule has 0 aliphatic rings. The number of nitrogens with zero attached hydrogens (tertiary/aromatic N) is 1. The molecule has 0 saturated carbocycles. The van der Waals surface area contributed by atoms with Gasteiger partial charge in [0.05, 0.1) is 6.61 Å². The van der Waals surface area contributed by atoms with Crippen LogP contribution in [-0.4, -0.2) is 12.8 Å². The molecule has 0 unspecified atom stereocenters. The molecule has 65 heavy (non-hydrogen) atoms. The molecule has 23 heteroatoms. The molecule has 0 atom stereocenters. The molecule has 0 aliphatic carbocycles. The molecule has 0 saturated heterocycles. The number of fused-ring (bicyclic) bond motifs is 1. The van der Waals surface area contributed by atoms with Crippen molar-refractivity contribution >= 4 is 38.8 Å². The minimum Gasteiger partial charge on any atom is -0.494 e. The van der Waals surface area contributed by atoms with E-state index in [0.29, 0.717) is 6.61 Å². The zero-order valence-corrected chi connectivity index (χ0v) is 31.8. The minimum absolute atomic E-state index is 0.707. The van der Waals surface area contributed by atoms with Crippen LogP contribution in [0.4, 0.5) is 87.8 Å². The Morgan fingerprint density at radius 1 is 0.369 bits per heavy atom. The van der Waals surface area contributed by atoms with Crippen LogP contribution in [0.2, 0.25) is 0 Å². The summed E-state index contributed by atoms with van der Waals surface area (Å²) in [5.74, 6) is -70.5. The van der Waals surface area contributed by atoms with Crippen LogP contribution in [0.5, 0.6) is 5.75 Å². The van der Waals surface area contributed by atoms with Crippen LogP contribution in [0.3, 0.4) is 0 Å². The molecule has 0 aliphatic heterocycles. The van der Waals surface area contributed by atoms with Gasteiger partial charge in [0.25, 0.3) is 0 Å². The zero-order chi connectivity index (χ0) is 48.1. The minimum atomic E-state index is -7.22. The Labute approximate surface area is 350 Å². The highest BCUT2D eigenvalue weighted by Crippen LogP contribution is 2.31. The SMILES string of the molecule is CCOc1ccc(C[n+]2ccc3ccccc3c2)cc1.Fc1c(F)c(F)c([B-](c2c(F)c(F)c(F)c(F)c2F)(c2c(F)c(F)c(F)c(F)c2F)c2c(F)c(F)c(F)c(F)c2F)c(F)c1F. The molecule has 0 amide bonds. The number of rotatable bonds is 8. The molecule has 0 N–H and O–H groups in total. The van der Waals surface area contributed by atoms with Gasteiger partial charge in [-0.3, -0.25) is 0 Å². The maximum atomic E-state index is 15.4. The van der Waals surface area contributed by atoms with Crippen LogP contribution >= 0.6 is 0 Å². The first-order valence-corrected chi connectivity index (χ1v) is 17.9. The second kappa shape index (κ2) is 18.0. The summed E-state index contributed by atoms with van der Waals surface area (Å²) in [5, 5.41) is 2.54. The number of hydrogen-bond acceptors (Lipinski definition) is 1. The number of hydrogen-bond donors (Lipinski definition) is 0. The molecular weight excluding hydrogens is 925 g/mol. The zero-order valence-electron chi connectivity index (χ0n) is 31.8. The Hall–Kier alpha value is -6.81. The third-order valence-electron chi connectivity index (χ3n) is 10.1. The lowest BCUT2D eigenvalue weighted by Gasteiger charge is -2.44. The maximum Gasteiger partial charge on any atom is 0.200 e. The van der Waals surface area contributed by atoms with Crippen molar-refractivity contribution in [2.75, 3.05) is 6.61 Å². The quantitative estimate of drug-likeness (QED) is 0.0487. The van der Waals surface area contributed by atoms with E-state index in [1.165, 1.54) is 16.3 Å². The standard InChI is InChI=1S/C24BF20.C18H18NO/c26-5-1(6(27)14(35)21(42)13(5)34)25(2-7(28)15(36)22(43)16(37)8(2)29,3-9(30)17(38)23(44)18(39)10(3)31)4-11(32)19(40)24(45)20(41)12(4)33;1-2-20-18-9-7-15(8-10-18)13-19-12-11-16-5-3-4-6-17(16)14-19/h;3-12,14H,2,13H2,1H3/q-1;+1. The van der Waals surface area contributed by atoms with Crippen molar-refractivity contribution in [3.63, 3.8) is 0 Å². The molecule has 6 aromatic carbocycles. The largest absolute Gasteiger partial charge is 0.494 e. The Balaban J connectivity index is 0.000000289. The van der Waals surface area contributed by atoms with Gasteiger partial charge in [0.1, 0.15) is 58.4 Å². The lowest BCUT2D eigenvalue weighted by molar-refractivity contribution is -0.687. The van der Waals surface area contributed by atoms with E-state index in [-0.39, 0.29) is 0 Å². The normalized spacial score (nSPS) is 11.6. The fraction of sp³-hybridized carbons (Fsp3) is 0.0714. The number of benzene rings is 6. The van der Waals surface area contributed by atoms with Gasteiger partial charge in [0, 0.05) is 17.0 Å². The molecule has 0 fully saturated rings. The van der Waals surface area contributed by atoms with Crippen LogP contribution in [-0.2, 0) is 6.54 Å². The van der Waals surface area contributed by atoms with Gasteiger partial charge in [-0.05, 0) is 42.6 Å². The molecule has 2 nitrogen and oxygen atoms in total. The fourth-order valence-corrected chi connectivity index (χ4v) is 7.22. The number of halogens is 20. The summed E-state index contributed by atoms with van der Waals surface area (Å²) in [6, 6.07) is 18.9. The first kappa shape index (κ1) is 47.7. The molecule has 0 radical (unpaired) electrons. The number of pyridine rings is 1. The molecule has 7 aromatic rings. The summed E-state index contributed by atoms with van der Waals surface area (Å²) in [6.45, 7) is 3.58. The first-order valence-electron chi connectivity index (χ1n) is 17.9. The van der Waals surface area contributed by atoms with Crippen molar-refractivity contribution in [2.24, 2.45) is 0 Å². The third kappa shape index (κ3) is 7.72. The molecule has 1 aromatic heterocycles. The predicted molar refractivity (Wildman–Crippen MR) is 190 cm³/mol. The van der Waals surface area contributed by atoms with Crippen molar-refractivity contribution in [2.45, 2.75) is 13.5 Å². The molecular formula is C42H18BF20NO.